The zero-order chi connectivity index (χ0) is 20.5. The van der Waals surface area contributed by atoms with Gasteiger partial charge in [0, 0.05) is 29.9 Å². The fourth-order valence-corrected chi connectivity index (χ4v) is 4.34. The van der Waals surface area contributed by atoms with Gasteiger partial charge in [-0.3, -0.25) is 14.6 Å². The number of benzene rings is 1. The molecule has 2 fully saturated rings. The predicted octanol–water partition coefficient (Wildman–Crippen LogP) is 2.50. The Morgan fingerprint density at radius 1 is 1.17 bits per heavy atom. The molecular formula is C21H23FN4O3. The number of hydrogen-bond acceptors (Lipinski definition) is 5. The Kier molecular flexibility index (Phi) is 5.17. The highest BCUT2D eigenvalue weighted by Gasteiger charge is 2.44. The van der Waals surface area contributed by atoms with Crippen molar-refractivity contribution in [3.63, 3.8) is 0 Å². The molecule has 2 aliphatic rings. The number of rotatable bonds is 4. The van der Waals surface area contributed by atoms with Crippen molar-refractivity contribution in [1.82, 2.24) is 20.2 Å². The first-order chi connectivity index (χ1) is 14.0. The number of nitrogens with one attached hydrogen (secondary N) is 1. The minimum Gasteiger partial charge on any atom is -0.494 e. The summed E-state index contributed by atoms with van der Waals surface area (Å²) in [7, 11) is 1.39. The molecule has 0 radical (unpaired) electrons. The highest BCUT2D eigenvalue weighted by Crippen LogP contribution is 2.37. The van der Waals surface area contributed by atoms with Gasteiger partial charge in [0.15, 0.2) is 11.6 Å². The van der Waals surface area contributed by atoms with Crippen LogP contribution in [0, 0.1) is 12.7 Å². The van der Waals surface area contributed by atoms with Crippen LogP contribution in [0.25, 0.3) is 0 Å². The second kappa shape index (κ2) is 7.77. The summed E-state index contributed by atoms with van der Waals surface area (Å²) < 4.78 is 18.9. The van der Waals surface area contributed by atoms with Gasteiger partial charge >= 0.3 is 0 Å². The zero-order valence-electron chi connectivity index (χ0n) is 16.4. The molecule has 2 bridgehead atoms. The average Bonchev–Trinajstić information content (AvgIpc) is 2.98. The van der Waals surface area contributed by atoms with Crippen LogP contribution in [-0.4, -0.2) is 51.9 Å². The fraction of sp³-hybridized carbons (Fsp3) is 0.429. The number of nitrogens with zero attached hydrogens (tertiary/aromatic N) is 3. The molecule has 2 aromatic rings. The van der Waals surface area contributed by atoms with Crippen molar-refractivity contribution >= 4 is 11.8 Å². The lowest BCUT2D eigenvalue weighted by atomic mass is 9.96. The molecule has 0 saturated carbocycles. The molecule has 0 spiro atoms. The maximum absolute atomic E-state index is 14.0. The Morgan fingerprint density at radius 3 is 2.48 bits per heavy atom. The molecule has 2 atom stereocenters. The van der Waals surface area contributed by atoms with Crippen molar-refractivity contribution < 1.29 is 18.7 Å². The molecule has 1 aromatic carbocycles. The molecule has 2 amide bonds. The van der Waals surface area contributed by atoms with E-state index in [2.05, 4.69) is 15.3 Å². The third-order valence-electron chi connectivity index (χ3n) is 5.72. The molecule has 2 saturated heterocycles. The maximum atomic E-state index is 14.0. The normalized spacial score (nSPS) is 23.0. The van der Waals surface area contributed by atoms with Gasteiger partial charge in [0.2, 0.25) is 0 Å². The summed E-state index contributed by atoms with van der Waals surface area (Å²) in [5.41, 5.74) is 1.36. The molecule has 3 heterocycles. The van der Waals surface area contributed by atoms with Gasteiger partial charge in [0.25, 0.3) is 11.8 Å². The second-order valence-electron chi connectivity index (χ2n) is 7.63. The first kappa shape index (κ1) is 19.3. The molecule has 2 aliphatic heterocycles. The molecule has 1 aromatic heterocycles. The Morgan fingerprint density at radius 2 is 1.90 bits per heavy atom. The van der Waals surface area contributed by atoms with Gasteiger partial charge in [-0.15, -0.1) is 0 Å². The van der Waals surface area contributed by atoms with Gasteiger partial charge in [-0.1, -0.05) is 0 Å². The number of aryl methyl sites for hydroxylation is 1. The van der Waals surface area contributed by atoms with Gasteiger partial charge in [0.1, 0.15) is 5.69 Å². The predicted molar refractivity (Wildman–Crippen MR) is 103 cm³/mol. The smallest absolute Gasteiger partial charge is 0.271 e. The minimum absolute atomic E-state index is 0.0280. The lowest BCUT2D eigenvalue weighted by Crippen LogP contribution is -2.52. The van der Waals surface area contributed by atoms with Crippen LogP contribution < -0.4 is 10.1 Å². The highest BCUT2D eigenvalue weighted by molar-refractivity contribution is 5.95. The monoisotopic (exact) mass is 398 g/mol. The minimum atomic E-state index is -0.549. The summed E-state index contributed by atoms with van der Waals surface area (Å²) in [5.74, 6) is -0.857. The molecule has 2 unspecified atom stereocenters. The van der Waals surface area contributed by atoms with Crippen LogP contribution in [0.2, 0.25) is 0 Å². The van der Waals surface area contributed by atoms with Crippen molar-refractivity contribution in [3.05, 3.63) is 53.4 Å². The molecule has 0 aliphatic carbocycles. The van der Waals surface area contributed by atoms with Crippen LogP contribution in [0.4, 0.5) is 4.39 Å². The first-order valence-electron chi connectivity index (χ1n) is 9.72. The van der Waals surface area contributed by atoms with E-state index in [9.17, 15) is 14.0 Å². The summed E-state index contributed by atoms with van der Waals surface area (Å²) in [6.45, 7) is 1.81. The number of hydrogen-bond donors (Lipinski definition) is 1. The third-order valence-corrected chi connectivity index (χ3v) is 5.72. The number of aromatic nitrogens is 2. The SMILES string of the molecule is COc1ccc(C(=O)N2C3CCC2CC(NC(=O)c2cnc(C)cn2)C3)cc1F. The average molecular weight is 398 g/mol. The van der Waals surface area contributed by atoms with Gasteiger partial charge in [-0.05, 0) is 50.8 Å². The first-order valence-corrected chi connectivity index (χ1v) is 9.72. The number of methoxy groups -OCH3 is 1. The van der Waals surface area contributed by atoms with Gasteiger partial charge in [0.05, 0.1) is 19.0 Å². The van der Waals surface area contributed by atoms with E-state index in [1.807, 2.05) is 11.8 Å². The van der Waals surface area contributed by atoms with Crippen molar-refractivity contribution in [2.45, 2.75) is 50.7 Å². The van der Waals surface area contributed by atoms with E-state index >= 15 is 0 Å². The lowest BCUT2D eigenvalue weighted by molar-refractivity contribution is 0.0548. The molecular weight excluding hydrogens is 375 g/mol. The zero-order valence-corrected chi connectivity index (χ0v) is 16.4. The summed E-state index contributed by atoms with van der Waals surface area (Å²) in [6.07, 6.45) is 6.14. The molecule has 7 nitrogen and oxygen atoms in total. The summed E-state index contributed by atoms with van der Waals surface area (Å²) in [5, 5.41) is 3.02. The lowest BCUT2D eigenvalue weighted by Gasteiger charge is -2.39. The van der Waals surface area contributed by atoms with E-state index in [-0.39, 0.29) is 41.4 Å². The van der Waals surface area contributed by atoms with Gasteiger partial charge < -0.3 is 15.0 Å². The van der Waals surface area contributed by atoms with Gasteiger partial charge in [-0.25, -0.2) is 9.37 Å². The van der Waals surface area contributed by atoms with Crippen LogP contribution in [0.5, 0.6) is 5.75 Å². The Bertz CT molecular complexity index is 920. The molecule has 1 N–H and O–H groups in total. The molecule has 29 heavy (non-hydrogen) atoms. The van der Waals surface area contributed by atoms with Crippen molar-refractivity contribution in [3.8, 4) is 5.75 Å². The molecule has 152 valence electrons. The van der Waals surface area contributed by atoms with Crippen LogP contribution in [0.1, 0.15) is 52.2 Å². The number of carbonyl (C=O) groups is 2. The standard InChI is InChI=1S/C21H23FN4O3/c1-12-10-24-18(11-23-12)20(27)25-14-8-15-4-5-16(9-14)26(15)21(28)13-3-6-19(29-2)17(22)7-13/h3,6-7,10-11,14-16H,4-5,8-9H2,1-2H3,(H,25,27). The van der Waals surface area contributed by atoms with Crippen LogP contribution in [0.15, 0.2) is 30.6 Å². The van der Waals surface area contributed by atoms with Crippen molar-refractivity contribution in [2.24, 2.45) is 0 Å². The number of ether oxygens (including phenoxy) is 1. The molecule has 8 heteroatoms. The number of amides is 2. The van der Waals surface area contributed by atoms with E-state index in [1.54, 1.807) is 12.3 Å². The van der Waals surface area contributed by atoms with E-state index < -0.39 is 5.82 Å². The highest BCUT2D eigenvalue weighted by atomic mass is 19.1. The molecule has 4 rings (SSSR count). The largest absolute Gasteiger partial charge is 0.494 e. The van der Waals surface area contributed by atoms with Crippen LogP contribution in [0.3, 0.4) is 0 Å². The Balaban J connectivity index is 1.43. The number of carbonyl (C=O) groups excluding carboxylic acids is 2. The van der Waals surface area contributed by atoms with Crippen molar-refractivity contribution in [1.29, 1.82) is 0 Å². The number of piperidine rings is 1. The Labute approximate surface area is 168 Å². The number of fused-ring (bicyclic) bond motifs is 2. The van der Waals surface area contributed by atoms with Gasteiger partial charge in [-0.2, -0.15) is 0 Å². The topological polar surface area (TPSA) is 84.4 Å². The fourth-order valence-electron chi connectivity index (χ4n) is 4.34. The van der Waals surface area contributed by atoms with E-state index in [1.165, 1.54) is 25.4 Å². The summed E-state index contributed by atoms with van der Waals surface area (Å²) in [4.78, 5) is 35.5. The van der Waals surface area contributed by atoms with E-state index in [0.717, 1.165) is 18.5 Å². The third kappa shape index (κ3) is 3.79. The maximum Gasteiger partial charge on any atom is 0.271 e. The van der Waals surface area contributed by atoms with E-state index in [4.69, 9.17) is 4.74 Å². The summed E-state index contributed by atoms with van der Waals surface area (Å²) in [6, 6.07) is 4.32. The Hall–Kier alpha value is -3.03. The second-order valence-corrected chi connectivity index (χ2v) is 7.63. The quantitative estimate of drug-likeness (QED) is 0.856. The number of halogens is 1. The van der Waals surface area contributed by atoms with Crippen molar-refractivity contribution in [2.75, 3.05) is 7.11 Å². The van der Waals surface area contributed by atoms with E-state index in [0.29, 0.717) is 18.4 Å². The summed E-state index contributed by atoms with van der Waals surface area (Å²) >= 11 is 0. The van der Waals surface area contributed by atoms with Crippen LogP contribution in [-0.2, 0) is 0 Å². The van der Waals surface area contributed by atoms with Crippen LogP contribution >= 0.6 is 0 Å².